The summed E-state index contributed by atoms with van der Waals surface area (Å²) in [7, 11) is 0. The molecule has 4 heteroatoms. The molecule has 0 aromatic carbocycles. The first-order chi connectivity index (χ1) is 7.88. The van der Waals surface area contributed by atoms with Crippen LogP contribution in [0.1, 0.15) is 52.9 Å². The van der Waals surface area contributed by atoms with Gasteiger partial charge in [-0.05, 0) is 46.5 Å². The van der Waals surface area contributed by atoms with Crippen molar-refractivity contribution in [3.8, 4) is 0 Å². The van der Waals surface area contributed by atoms with Crippen LogP contribution in [0.5, 0.6) is 0 Å². The molecular formula is C13H21NO3. The highest BCUT2D eigenvalue weighted by Crippen LogP contribution is 2.33. The van der Waals surface area contributed by atoms with Gasteiger partial charge in [0, 0.05) is 12.5 Å². The van der Waals surface area contributed by atoms with E-state index < -0.39 is 5.60 Å². The van der Waals surface area contributed by atoms with Crippen molar-refractivity contribution < 1.29 is 14.3 Å². The third-order valence-corrected chi connectivity index (χ3v) is 3.44. The molecule has 17 heavy (non-hydrogen) atoms. The molecule has 0 aromatic heterocycles. The maximum absolute atomic E-state index is 12.1. The molecule has 2 aliphatic rings. The van der Waals surface area contributed by atoms with Gasteiger partial charge >= 0.3 is 6.09 Å². The Labute approximate surface area is 102 Å². The quantitative estimate of drug-likeness (QED) is 0.652. The fraction of sp³-hybridized carbons (Fsp3) is 0.846. The maximum atomic E-state index is 12.1. The third kappa shape index (κ3) is 2.61. The summed E-state index contributed by atoms with van der Waals surface area (Å²) < 4.78 is 5.40. The van der Waals surface area contributed by atoms with E-state index in [1.807, 2.05) is 20.8 Å². The molecule has 0 spiro atoms. The number of rotatable bonds is 0. The van der Waals surface area contributed by atoms with Gasteiger partial charge in [-0.15, -0.1) is 0 Å². The van der Waals surface area contributed by atoms with E-state index in [2.05, 4.69) is 0 Å². The summed E-state index contributed by atoms with van der Waals surface area (Å²) in [5.41, 5.74) is -0.494. The van der Waals surface area contributed by atoms with Gasteiger partial charge in [0.05, 0.1) is 6.04 Å². The molecule has 0 N–H and O–H groups in total. The topological polar surface area (TPSA) is 46.6 Å². The van der Waals surface area contributed by atoms with Crippen molar-refractivity contribution in [2.24, 2.45) is 0 Å². The largest absolute Gasteiger partial charge is 0.444 e. The number of hydrogen-bond donors (Lipinski definition) is 0. The average molecular weight is 239 g/mol. The third-order valence-electron chi connectivity index (χ3n) is 3.44. The SMILES string of the molecule is CC(C)(C)OC(=O)N1[C@H]2CCC[C@@H]1C(=O)CC2. The van der Waals surface area contributed by atoms with Gasteiger partial charge in [-0.1, -0.05) is 0 Å². The Kier molecular flexibility index (Phi) is 3.15. The van der Waals surface area contributed by atoms with Crippen LogP contribution < -0.4 is 0 Å². The number of Topliss-reactive ketones (excluding diaryl/α,β-unsaturated/α-hetero) is 1. The zero-order chi connectivity index (χ0) is 12.6. The number of ether oxygens (including phenoxy) is 1. The predicted octanol–water partition coefficient (Wildman–Crippen LogP) is 2.51. The van der Waals surface area contributed by atoms with Gasteiger partial charge in [0.2, 0.25) is 0 Å². The molecule has 96 valence electrons. The highest BCUT2D eigenvalue weighted by atomic mass is 16.6. The number of piperidine rings is 2. The highest BCUT2D eigenvalue weighted by Gasteiger charge is 2.43. The molecule has 0 radical (unpaired) electrons. The van der Waals surface area contributed by atoms with Crippen LogP contribution in [0.4, 0.5) is 4.79 Å². The van der Waals surface area contributed by atoms with Crippen LogP contribution in [-0.2, 0) is 9.53 Å². The predicted molar refractivity (Wildman–Crippen MR) is 63.7 cm³/mol. The highest BCUT2D eigenvalue weighted by molar-refractivity contribution is 5.89. The van der Waals surface area contributed by atoms with Gasteiger partial charge < -0.3 is 4.74 Å². The van der Waals surface area contributed by atoms with Crippen molar-refractivity contribution in [2.45, 2.75) is 70.6 Å². The zero-order valence-electron chi connectivity index (χ0n) is 10.9. The first kappa shape index (κ1) is 12.4. The molecule has 2 atom stereocenters. The minimum Gasteiger partial charge on any atom is -0.444 e. The molecule has 0 aliphatic carbocycles. The van der Waals surface area contributed by atoms with Crippen molar-refractivity contribution in [1.82, 2.24) is 4.90 Å². The lowest BCUT2D eigenvalue weighted by atomic mass is 9.84. The molecule has 0 saturated carbocycles. The number of carbonyl (C=O) groups excluding carboxylic acids is 2. The Morgan fingerprint density at radius 3 is 2.65 bits per heavy atom. The van der Waals surface area contributed by atoms with Crippen LogP contribution in [-0.4, -0.2) is 34.5 Å². The first-order valence-electron chi connectivity index (χ1n) is 6.42. The minimum absolute atomic E-state index is 0.201. The summed E-state index contributed by atoms with van der Waals surface area (Å²) in [6.45, 7) is 5.56. The molecule has 2 saturated heterocycles. The van der Waals surface area contributed by atoms with Crippen LogP contribution in [0.3, 0.4) is 0 Å². The molecule has 4 nitrogen and oxygen atoms in total. The Hall–Kier alpha value is -1.06. The van der Waals surface area contributed by atoms with Crippen molar-refractivity contribution in [1.29, 1.82) is 0 Å². The summed E-state index contributed by atoms with van der Waals surface area (Å²) in [4.78, 5) is 25.7. The van der Waals surface area contributed by atoms with Gasteiger partial charge in [0.1, 0.15) is 5.60 Å². The Morgan fingerprint density at radius 2 is 2.00 bits per heavy atom. The van der Waals surface area contributed by atoms with Gasteiger partial charge in [0.15, 0.2) is 5.78 Å². The zero-order valence-corrected chi connectivity index (χ0v) is 10.9. The number of amides is 1. The van der Waals surface area contributed by atoms with E-state index in [1.165, 1.54) is 0 Å². The lowest BCUT2D eigenvalue weighted by Gasteiger charge is -2.44. The number of fused-ring (bicyclic) bond motifs is 2. The summed E-state index contributed by atoms with van der Waals surface area (Å²) in [6.07, 6.45) is 3.95. The van der Waals surface area contributed by atoms with E-state index in [0.29, 0.717) is 6.42 Å². The maximum Gasteiger partial charge on any atom is 0.411 e. The minimum atomic E-state index is -0.494. The smallest absolute Gasteiger partial charge is 0.411 e. The number of ketones is 1. The van der Waals surface area contributed by atoms with Crippen molar-refractivity contribution in [3.05, 3.63) is 0 Å². The van der Waals surface area contributed by atoms with E-state index in [4.69, 9.17) is 4.74 Å². The molecule has 2 aliphatic heterocycles. The summed E-state index contributed by atoms with van der Waals surface area (Å²) in [5.74, 6) is 0.201. The Balaban J connectivity index is 2.13. The lowest BCUT2D eigenvalue weighted by molar-refractivity contribution is -0.131. The van der Waals surface area contributed by atoms with Crippen LogP contribution in [0.15, 0.2) is 0 Å². The molecule has 0 aromatic rings. The van der Waals surface area contributed by atoms with Crippen LogP contribution in [0, 0.1) is 0 Å². The fourth-order valence-corrected chi connectivity index (χ4v) is 2.75. The molecule has 0 unspecified atom stereocenters. The van der Waals surface area contributed by atoms with Crippen molar-refractivity contribution in [2.75, 3.05) is 0 Å². The van der Waals surface area contributed by atoms with Crippen LogP contribution in [0.2, 0.25) is 0 Å². The second-order valence-electron chi connectivity index (χ2n) is 5.99. The molecule has 2 rings (SSSR count). The van der Waals surface area contributed by atoms with Crippen LogP contribution in [0.25, 0.3) is 0 Å². The van der Waals surface area contributed by atoms with Gasteiger partial charge in [-0.2, -0.15) is 0 Å². The summed E-state index contributed by atoms with van der Waals surface area (Å²) in [6, 6.07) is -0.0151. The average Bonchev–Trinajstić information content (AvgIpc) is 2.21. The lowest BCUT2D eigenvalue weighted by Crippen LogP contribution is -2.57. The van der Waals surface area contributed by atoms with E-state index in [1.54, 1.807) is 4.90 Å². The van der Waals surface area contributed by atoms with E-state index in [9.17, 15) is 9.59 Å². The number of hydrogen-bond acceptors (Lipinski definition) is 3. The second-order valence-corrected chi connectivity index (χ2v) is 5.99. The van der Waals surface area contributed by atoms with Gasteiger partial charge in [0.25, 0.3) is 0 Å². The Morgan fingerprint density at radius 1 is 1.29 bits per heavy atom. The van der Waals surface area contributed by atoms with Crippen molar-refractivity contribution in [3.63, 3.8) is 0 Å². The molecule has 1 amide bonds. The van der Waals surface area contributed by atoms with Crippen molar-refractivity contribution >= 4 is 11.9 Å². The fourth-order valence-electron chi connectivity index (χ4n) is 2.75. The van der Waals surface area contributed by atoms with E-state index in [0.717, 1.165) is 25.7 Å². The molecule has 2 heterocycles. The monoisotopic (exact) mass is 239 g/mol. The molecule has 2 fully saturated rings. The second kappa shape index (κ2) is 4.31. The summed E-state index contributed by atoms with van der Waals surface area (Å²) >= 11 is 0. The van der Waals surface area contributed by atoms with Crippen LogP contribution >= 0.6 is 0 Å². The standard InChI is InChI=1S/C13H21NO3/c1-13(2,3)17-12(16)14-9-5-4-6-10(14)11(15)8-7-9/h9-10H,4-8H2,1-3H3/t9-,10+/m0/s1. The Bertz CT molecular complexity index is 332. The van der Waals surface area contributed by atoms with Gasteiger partial charge in [-0.25, -0.2) is 4.79 Å². The summed E-state index contributed by atoms with van der Waals surface area (Å²) in [5, 5.41) is 0. The van der Waals surface area contributed by atoms with E-state index in [-0.39, 0.29) is 24.0 Å². The first-order valence-corrected chi connectivity index (χ1v) is 6.42. The molecule has 2 bridgehead atoms. The van der Waals surface area contributed by atoms with E-state index >= 15 is 0 Å². The normalized spacial score (nSPS) is 29.1. The number of carbonyl (C=O) groups is 2. The molecular weight excluding hydrogens is 218 g/mol. The number of nitrogens with zero attached hydrogens (tertiary/aromatic N) is 1. The van der Waals surface area contributed by atoms with Gasteiger partial charge in [-0.3, -0.25) is 9.69 Å².